The molecule has 0 aliphatic carbocycles. The van der Waals surface area contributed by atoms with Crippen molar-refractivity contribution < 1.29 is 0 Å². The van der Waals surface area contributed by atoms with Crippen molar-refractivity contribution in [2.45, 2.75) is 43.8 Å². The van der Waals surface area contributed by atoms with Crippen LogP contribution in [0.2, 0.25) is 0 Å². The van der Waals surface area contributed by atoms with Crippen molar-refractivity contribution in [3.05, 3.63) is 42.5 Å². The van der Waals surface area contributed by atoms with Gasteiger partial charge in [0, 0.05) is 42.3 Å². The second-order valence-electron chi connectivity index (χ2n) is 7.72. The number of nitrogens with zero attached hydrogens (tertiary/aromatic N) is 2. The zero-order valence-corrected chi connectivity index (χ0v) is 14.9. The molecule has 0 amide bonds. The Labute approximate surface area is 145 Å². The molecule has 4 rings (SSSR count). The van der Waals surface area contributed by atoms with Gasteiger partial charge >= 0.3 is 0 Å². The lowest BCUT2D eigenvalue weighted by Gasteiger charge is -2.41. The van der Waals surface area contributed by atoms with Crippen LogP contribution >= 0.6 is 0 Å². The fraction of sp³-hybridized carbons (Fsp3) is 0.524. The van der Waals surface area contributed by atoms with E-state index in [-0.39, 0.29) is 0 Å². The molecule has 2 fully saturated rings. The molecule has 0 radical (unpaired) electrons. The van der Waals surface area contributed by atoms with Gasteiger partial charge in [-0.1, -0.05) is 36.4 Å². The number of benzene rings is 2. The van der Waals surface area contributed by atoms with Crippen molar-refractivity contribution >= 4 is 16.5 Å². The minimum atomic E-state index is 0.689. The summed E-state index contributed by atoms with van der Waals surface area (Å²) in [5.74, 6) is 0. The monoisotopic (exact) mass is 323 g/mol. The fourth-order valence-corrected chi connectivity index (χ4v) is 4.66. The molecule has 2 aromatic carbocycles. The summed E-state index contributed by atoms with van der Waals surface area (Å²) in [7, 11) is 4.29. The molecule has 2 aliphatic rings. The smallest absolute Gasteiger partial charge is 0.0450 e. The van der Waals surface area contributed by atoms with Gasteiger partial charge in [-0.25, -0.2) is 0 Å². The molecule has 3 nitrogen and oxygen atoms in total. The molecule has 2 heterocycles. The van der Waals surface area contributed by atoms with Crippen molar-refractivity contribution in [1.29, 1.82) is 0 Å². The highest BCUT2D eigenvalue weighted by Crippen LogP contribution is 2.41. The number of fused-ring (bicyclic) bond motifs is 3. The molecule has 1 N–H and O–H groups in total. The Balaban J connectivity index is 1.52. The van der Waals surface area contributed by atoms with E-state index in [4.69, 9.17) is 0 Å². The van der Waals surface area contributed by atoms with Crippen LogP contribution in [0.5, 0.6) is 0 Å². The van der Waals surface area contributed by atoms with Crippen LogP contribution in [0.25, 0.3) is 10.8 Å². The highest BCUT2D eigenvalue weighted by Gasteiger charge is 2.40. The standard InChI is InChI=1S/C21H29N3/c1-23(2)13-12-22-17-14-18-10-11-19(15-17)24(18)21-9-5-7-16-6-3-4-8-20(16)21/h3-9,17-19,22H,10-15H2,1-2H3. The van der Waals surface area contributed by atoms with Gasteiger partial charge in [0.15, 0.2) is 0 Å². The minimum Gasteiger partial charge on any atom is -0.365 e. The van der Waals surface area contributed by atoms with Gasteiger partial charge in [-0.15, -0.1) is 0 Å². The van der Waals surface area contributed by atoms with Crippen LogP contribution in [0.15, 0.2) is 42.5 Å². The molecule has 2 aromatic rings. The summed E-state index contributed by atoms with van der Waals surface area (Å²) >= 11 is 0. The molecule has 3 heteroatoms. The summed E-state index contributed by atoms with van der Waals surface area (Å²) in [4.78, 5) is 5.00. The number of hydrogen-bond donors (Lipinski definition) is 1. The Morgan fingerprint density at radius 2 is 1.71 bits per heavy atom. The zero-order valence-electron chi connectivity index (χ0n) is 14.9. The predicted molar refractivity (Wildman–Crippen MR) is 103 cm³/mol. The molecule has 0 saturated carbocycles. The third-order valence-electron chi connectivity index (χ3n) is 5.77. The third kappa shape index (κ3) is 3.03. The van der Waals surface area contributed by atoms with E-state index >= 15 is 0 Å². The third-order valence-corrected chi connectivity index (χ3v) is 5.77. The van der Waals surface area contributed by atoms with Crippen molar-refractivity contribution in [1.82, 2.24) is 10.2 Å². The molecule has 2 aliphatic heterocycles. The van der Waals surface area contributed by atoms with Crippen LogP contribution in [0.1, 0.15) is 25.7 Å². The van der Waals surface area contributed by atoms with Crippen LogP contribution in [-0.4, -0.2) is 50.2 Å². The van der Waals surface area contributed by atoms with E-state index in [9.17, 15) is 0 Å². The topological polar surface area (TPSA) is 18.5 Å². The van der Waals surface area contributed by atoms with Gasteiger partial charge in [0.25, 0.3) is 0 Å². The van der Waals surface area contributed by atoms with Crippen molar-refractivity contribution in [2.24, 2.45) is 0 Å². The Morgan fingerprint density at radius 3 is 2.46 bits per heavy atom. The summed E-state index contributed by atoms with van der Waals surface area (Å²) < 4.78 is 0. The average molecular weight is 323 g/mol. The van der Waals surface area contributed by atoms with E-state index in [0.717, 1.165) is 13.1 Å². The average Bonchev–Trinajstić information content (AvgIpc) is 2.84. The quantitative estimate of drug-likeness (QED) is 0.909. The summed E-state index contributed by atoms with van der Waals surface area (Å²) in [5, 5.41) is 6.57. The number of rotatable bonds is 5. The largest absolute Gasteiger partial charge is 0.365 e. The summed E-state index contributed by atoms with van der Waals surface area (Å²) in [6.07, 6.45) is 5.26. The first kappa shape index (κ1) is 15.9. The van der Waals surface area contributed by atoms with Gasteiger partial charge in [-0.05, 0) is 51.2 Å². The molecule has 2 atom stereocenters. The maximum atomic E-state index is 3.79. The fourth-order valence-electron chi connectivity index (χ4n) is 4.66. The second-order valence-corrected chi connectivity index (χ2v) is 7.72. The molecule has 0 aromatic heterocycles. The van der Waals surface area contributed by atoms with E-state index < -0.39 is 0 Å². The van der Waals surface area contributed by atoms with Gasteiger partial charge in [0.2, 0.25) is 0 Å². The Morgan fingerprint density at radius 1 is 1.00 bits per heavy atom. The molecule has 2 saturated heterocycles. The summed E-state index contributed by atoms with van der Waals surface area (Å²) in [6.45, 7) is 2.23. The van der Waals surface area contributed by atoms with Gasteiger partial charge in [0.1, 0.15) is 0 Å². The molecule has 0 spiro atoms. The van der Waals surface area contributed by atoms with Crippen LogP contribution < -0.4 is 10.2 Å². The first-order chi connectivity index (χ1) is 11.7. The van der Waals surface area contributed by atoms with Gasteiger partial charge in [-0.2, -0.15) is 0 Å². The van der Waals surface area contributed by atoms with E-state index in [1.165, 1.54) is 42.1 Å². The number of piperidine rings is 1. The van der Waals surface area contributed by atoms with Gasteiger partial charge in [-0.3, -0.25) is 0 Å². The Hall–Kier alpha value is -1.58. The van der Waals surface area contributed by atoms with E-state index in [1.54, 1.807) is 0 Å². The second kappa shape index (κ2) is 6.73. The number of nitrogens with one attached hydrogen (secondary N) is 1. The maximum Gasteiger partial charge on any atom is 0.0450 e. The number of likely N-dealkylation sites (N-methyl/N-ethyl adjacent to an activating group) is 1. The zero-order chi connectivity index (χ0) is 16.5. The predicted octanol–water partition coefficient (Wildman–Crippen LogP) is 3.49. The molecule has 128 valence electrons. The van der Waals surface area contributed by atoms with Crippen molar-refractivity contribution in [3.63, 3.8) is 0 Å². The van der Waals surface area contributed by atoms with E-state index in [1.807, 2.05) is 0 Å². The van der Waals surface area contributed by atoms with E-state index in [2.05, 4.69) is 71.7 Å². The molecule has 2 bridgehead atoms. The van der Waals surface area contributed by atoms with Crippen LogP contribution in [0, 0.1) is 0 Å². The number of anilines is 1. The molecular weight excluding hydrogens is 294 g/mol. The molecular formula is C21H29N3. The lowest BCUT2D eigenvalue weighted by molar-refractivity contribution is 0.330. The normalized spacial score (nSPS) is 26.5. The summed E-state index contributed by atoms with van der Waals surface area (Å²) in [6, 6.07) is 17.7. The van der Waals surface area contributed by atoms with Crippen LogP contribution in [0.3, 0.4) is 0 Å². The molecule has 2 unspecified atom stereocenters. The van der Waals surface area contributed by atoms with Gasteiger partial charge < -0.3 is 15.1 Å². The van der Waals surface area contributed by atoms with Gasteiger partial charge in [0.05, 0.1) is 0 Å². The summed E-state index contributed by atoms with van der Waals surface area (Å²) in [5.41, 5.74) is 1.45. The van der Waals surface area contributed by atoms with Crippen LogP contribution in [-0.2, 0) is 0 Å². The van der Waals surface area contributed by atoms with Crippen LogP contribution in [0.4, 0.5) is 5.69 Å². The minimum absolute atomic E-state index is 0.689. The number of hydrogen-bond acceptors (Lipinski definition) is 3. The highest BCUT2D eigenvalue weighted by atomic mass is 15.2. The molecule has 24 heavy (non-hydrogen) atoms. The lowest BCUT2D eigenvalue weighted by Crippen LogP contribution is -2.50. The first-order valence-electron chi connectivity index (χ1n) is 9.36. The van der Waals surface area contributed by atoms with Crippen molar-refractivity contribution in [2.75, 3.05) is 32.1 Å². The Bertz CT molecular complexity index is 677. The van der Waals surface area contributed by atoms with E-state index in [0.29, 0.717) is 18.1 Å². The first-order valence-corrected chi connectivity index (χ1v) is 9.36. The Kier molecular flexibility index (Phi) is 4.47. The highest BCUT2D eigenvalue weighted by molar-refractivity contribution is 5.94. The maximum absolute atomic E-state index is 3.79. The lowest BCUT2D eigenvalue weighted by atomic mass is 9.95. The SMILES string of the molecule is CN(C)CCNC1CC2CCC(C1)N2c1cccc2ccccc12. The van der Waals surface area contributed by atoms with Crippen molar-refractivity contribution in [3.8, 4) is 0 Å².